The maximum Gasteiger partial charge on any atom is 0.411 e. The Hall–Kier alpha value is -0.740. The second-order valence-electron chi connectivity index (χ2n) is 7.70. The van der Waals surface area contributed by atoms with E-state index in [9.17, 15) is 18.0 Å². The first kappa shape index (κ1) is 13.9. The molecule has 3 aliphatic carbocycles. The molecule has 21 heavy (non-hydrogen) atoms. The summed E-state index contributed by atoms with van der Waals surface area (Å²) >= 11 is 0. The van der Waals surface area contributed by atoms with E-state index in [1.54, 1.807) is 0 Å². The first-order valence-electron chi connectivity index (χ1n) is 8.29. The quantitative estimate of drug-likeness (QED) is 0.760. The molecule has 0 unspecified atom stereocenters. The van der Waals surface area contributed by atoms with Gasteiger partial charge in [-0.05, 0) is 69.1 Å². The molecule has 118 valence electrons. The molecule has 3 saturated carbocycles. The van der Waals surface area contributed by atoms with Crippen molar-refractivity contribution in [2.24, 2.45) is 23.7 Å². The molecule has 0 radical (unpaired) electrons. The van der Waals surface area contributed by atoms with Crippen LogP contribution in [-0.2, 0) is 4.79 Å². The van der Waals surface area contributed by atoms with Crippen molar-refractivity contribution in [3.8, 4) is 0 Å². The Labute approximate surface area is 123 Å². The van der Waals surface area contributed by atoms with Gasteiger partial charge in [-0.2, -0.15) is 13.2 Å². The van der Waals surface area contributed by atoms with E-state index < -0.39 is 11.7 Å². The normalized spacial score (nSPS) is 42.8. The van der Waals surface area contributed by atoms with Gasteiger partial charge in [-0.25, -0.2) is 0 Å². The van der Waals surface area contributed by atoms with Gasteiger partial charge in [0.25, 0.3) is 0 Å². The molecule has 2 aliphatic heterocycles. The number of fused-ring (bicyclic) bond motifs is 1. The Balaban J connectivity index is 1.43. The van der Waals surface area contributed by atoms with Gasteiger partial charge in [0.05, 0.1) is 0 Å². The fourth-order valence-corrected chi connectivity index (χ4v) is 4.99. The zero-order valence-corrected chi connectivity index (χ0v) is 12.2. The number of amides is 1. The van der Waals surface area contributed by atoms with Crippen LogP contribution in [0.1, 0.15) is 51.4 Å². The molecule has 2 heterocycles. The minimum absolute atomic E-state index is 0.0818. The lowest BCUT2D eigenvalue weighted by Crippen LogP contribution is -2.59. The highest BCUT2D eigenvalue weighted by atomic mass is 19.4. The Kier molecular flexibility index (Phi) is 2.90. The van der Waals surface area contributed by atoms with Gasteiger partial charge in [0, 0.05) is 12.5 Å². The van der Waals surface area contributed by atoms with Crippen LogP contribution in [0.15, 0.2) is 0 Å². The molecule has 0 aromatic heterocycles. The molecule has 2 saturated heterocycles. The summed E-state index contributed by atoms with van der Waals surface area (Å²) in [6.07, 6.45) is 2.32. The van der Waals surface area contributed by atoms with Crippen LogP contribution >= 0.6 is 0 Å². The molecule has 1 amide bonds. The fourth-order valence-electron chi connectivity index (χ4n) is 4.99. The predicted molar refractivity (Wildman–Crippen MR) is 71.4 cm³/mol. The standard InChI is InChI=1S/C16H22F3NO/c17-16(18,19)15-7-10(8-15)9-20(15)14(21)13-5-3-12(4-6-13)11-1-2-11/h10-13H,1-9H2. The maximum absolute atomic E-state index is 13.3. The van der Waals surface area contributed by atoms with Gasteiger partial charge in [-0.3, -0.25) is 4.79 Å². The maximum atomic E-state index is 13.3. The molecule has 5 heteroatoms. The van der Waals surface area contributed by atoms with Crippen LogP contribution in [0.25, 0.3) is 0 Å². The van der Waals surface area contributed by atoms with E-state index in [-0.39, 0.29) is 30.6 Å². The summed E-state index contributed by atoms with van der Waals surface area (Å²) in [5.41, 5.74) is -1.80. The lowest BCUT2D eigenvalue weighted by molar-refractivity contribution is -0.237. The van der Waals surface area contributed by atoms with Crippen molar-refractivity contribution in [1.82, 2.24) is 4.90 Å². The van der Waals surface area contributed by atoms with E-state index >= 15 is 0 Å². The average molecular weight is 301 g/mol. The average Bonchev–Trinajstić information content (AvgIpc) is 3.07. The van der Waals surface area contributed by atoms with Crippen molar-refractivity contribution in [2.45, 2.75) is 63.1 Å². The Morgan fingerprint density at radius 1 is 0.952 bits per heavy atom. The molecule has 2 bridgehead atoms. The van der Waals surface area contributed by atoms with Crippen LogP contribution in [-0.4, -0.2) is 29.1 Å². The number of halogens is 3. The van der Waals surface area contributed by atoms with Gasteiger partial charge in [-0.1, -0.05) is 0 Å². The van der Waals surface area contributed by atoms with E-state index in [0.717, 1.165) is 37.5 Å². The minimum Gasteiger partial charge on any atom is -0.327 e. The second-order valence-corrected chi connectivity index (χ2v) is 7.70. The van der Waals surface area contributed by atoms with Crippen molar-refractivity contribution in [3.05, 3.63) is 0 Å². The van der Waals surface area contributed by atoms with Crippen LogP contribution in [0.2, 0.25) is 0 Å². The van der Waals surface area contributed by atoms with Gasteiger partial charge in [0.15, 0.2) is 0 Å². The third-order valence-electron chi connectivity index (χ3n) is 6.41. The summed E-state index contributed by atoms with van der Waals surface area (Å²) in [5, 5.41) is 0. The molecule has 0 aromatic rings. The van der Waals surface area contributed by atoms with Crippen LogP contribution in [0, 0.1) is 23.7 Å². The second kappa shape index (κ2) is 4.39. The van der Waals surface area contributed by atoms with E-state index in [4.69, 9.17) is 0 Å². The highest BCUT2D eigenvalue weighted by Gasteiger charge is 2.71. The molecule has 0 spiro atoms. The zero-order valence-electron chi connectivity index (χ0n) is 12.2. The molecule has 2 nitrogen and oxygen atoms in total. The van der Waals surface area contributed by atoms with E-state index in [2.05, 4.69) is 0 Å². The Morgan fingerprint density at radius 3 is 1.95 bits per heavy atom. The highest BCUT2D eigenvalue weighted by molar-refractivity contribution is 5.81. The van der Waals surface area contributed by atoms with Gasteiger partial charge in [0.1, 0.15) is 5.54 Å². The number of carbonyl (C=O) groups is 1. The smallest absolute Gasteiger partial charge is 0.327 e. The minimum atomic E-state index is -4.26. The molecule has 0 N–H and O–H groups in total. The number of rotatable bonds is 2. The number of nitrogens with zero attached hydrogens (tertiary/aromatic N) is 1. The molecule has 0 atom stereocenters. The van der Waals surface area contributed by atoms with E-state index in [1.165, 1.54) is 17.7 Å². The summed E-state index contributed by atoms with van der Waals surface area (Å²) in [6, 6.07) is 0. The molecular weight excluding hydrogens is 279 g/mol. The summed E-state index contributed by atoms with van der Waals surface area (Å²) in [7, 11) is 0. The van der Waals surface area contributed by atoms with Crippen molar-refractivity contribution >= 4 is 5.91 Å². The third kappa shape index (κ3) is 2.02. The zero-order chi connectivity index (χ0) is 14.8. The number of hydrogen-bond acceptors (Lipinski definition) is 1. The SMILES string of the molecule is O=C(C1CCC(C2CC2)CC1)N1CC2CC1(C(F)(F)F)C2. The van der Waals surface area contributed by atoms with Crippen LogP contribution in [0.4, 0.5) is 13.2 Å². The number of alkyl halides is 3. The summed E-state index contributed by atoms with van der Waals surface area (Å²) < 4.78 is 40.0. The lowest BCUT2D eigenvalue weighted by atomic mass is 9.72. The van der Waals surface area contributed by atoms with Gasteiger partial charge >= 0.3 is 6.18 Å². The summed E-state index contributed by atoms with van der Waals surface area (Å²) in [6.45, 7) is 0.334. The third-order valence-corrected chi connectivity index (χ3v) is 6.41. The van der Waals surface area contributed by atoms with Crippen molar-refractivity contribution < 1.29 is 18.0 Å². The van der Waals surface area contributed by atoms with Gasteiger partial charge in [-0.15, -0.1) is 0 Å². The fraction of sp³-hybridized carbons (Fsp3) is 0.938. The Bertz CT molecular complexity index is 443. The predicted octanol–water partition coefficient (Wildman–Crippen LogP) is 3.76. The number of hydrogen-bond donors (Lipinski definition) is 0. The van der Waals surface area contributed by atoms with Gasteiger partial charge < -0.3 is 4.90 Å². The molecule has 5 aliphatic rings. The summed E-state index contributed by atoms with van der Waals surface area (Å²) in [4.78, 5) is 13.8. The first-order chi connectivity index (χ1) is 9.91. The van der Waals surface area contributed by atoms with Gasteiger partial charge in [0.2, 0.25) is 5.91 Å². The largest absolute Gasteiger partial charge is 0.411 e. The van der Waals surface area contributed by atoms with Crippen molar-refractivity contribution in [2.75, 3.05) is 6.54 Å². The highest BCUT2D eigenvalue weighted by Crippen LogP contribution is 2.59. The Morgan fingerprint density at radius 2 is 1.48 bits per heavy atom. The lowest BCUT2D eigenvalue weighted by Gasteiger charge is -2.44. The van der Waals surface area contributed by atoms with E-state index in [1.807, 2.05) is 0 Å². The van der Waals surface area contributed by atoms with E-state index in [0.29, 0.717) is 6.54 Å². The number of carbonyl (C=O) groups excluding carboxylic acids is 1. The van der Waals surface area contributed by atoms with Crippen molar-refractivity contribution in [3.63, 3.8) is 0 Å². The van der Waals surface area contributed by atoms with Crippen LogP contribution < -0.4 is 0 Å². The first-order valence-corrected chi connectivity index (χ1v) is 8.29. The van der Waals surface area contributed by atoms with Crippen molar-refractivity contribution in [1.29, 1.82) is 0 Å². The molecule has 5 fully saturated rings. The van der Waals surface area contributed by atoms with Crippen LogP contribution in [0.3, 0.4) is 0 Å². The molecular formula is C16H22F3NO. The monoisotopic (exact) mass is 301 g/mol. The van der Waals surface area contributed by atoms with Crippen LogP contribution in [0.5, 0.6) is 0 Å². The summed E-state index contributed by atoms with van der Waals surface area (Å²) in [5.74, 6) is 1.30. The topological polar surface area (TPSA) is 20.3 Å². The molecule has 5 rings (SSSR count). The molecule has 0 aromatic carbocycles.